The zero-order valence-corrected chi connectivity index (χ0v) is 14.8. The lowest BCUT2D eigenvalue weighted by molar-refractivity contribution is 0.171. The zero-order valence-electron chi connectivity index (χ0n) is 14.8. The molecule has 1 aliphatic rings. The number of nitrogens with zero attached hydrogens (tertiary/aromatic N) is 2. The maximum absolute atomic E-state index is 12.5. The van der Waals surface area contributed by atoms with E-state index in [9.17, 15) is 4.79 Å². The van der Waals surface area contributed by atoms with Gasteiger partial charge in [-0.1, -0.05) is 0 Å². The Bertz CT molecular complexity index is 763. The second-order valence-corrected chi connectivity index (χ2v) is 6.28. The molecule has 25 heavy (non-hydrogen) atoms. The average Bonchev–Trinajstić information content (AvgIpc) is 2.61. The lowest BCUT2D eigenvalue weighted by Crippen LogP contribution is -2.39. The van der Waals surface area contributed by atoms with Gasteiger partial charge in [0.05, 0.1) is 0 Å². The van der Waals surface area contributed by atoms with Gasteiger partial charge in [0, 0.05) is 43.2 Å². The van der Waals surface area contributed by atoms with E-state index in [0.717, 1.165) is 5.69 Å². The summed E-state index contributed by atoms with van der Waals surface area (Å²) in [5.74, 6) is 1.36. The van der Waals surface area contributed by atoms with E-state index in [4.69, 9.17) is 9.47 Å². The number of likely N-dealkylation sites (N-methyl/N-ethyl adjacent to an activating group) is 1. The van der Waals surface area contributed by atoms with Crippen molar-refractivity contribution in [2.24, 2.45) is 0 Å². The predicted octanol–water partition coefficient (Wildman–Crippen LogP) is 3.26. The van der Waals surface area contributed by atoms with E-state index in [1.165, 1.54) is 5.56 Å². The van der Waals surface area contributed by atoms with Crippen molar-refractivity contribution in [3.63, 3.8) is 0 Å². The van der Waals surface area contributed by atoms with Crippen LogP contribution in [0.4, 0.5) is 10.5 Å². The van der Waals surface area contributed by atoms with Crippen LogP contribution in [0.5, 0.6) is 11.5 Å². The molecule has 0 spiro atoms. The zero-order chi connectivity index (χ0) is 17.8. The Hall–Kier alpha value is -2.76. The summed E-state index contributed by atoms with van der Waals surface area (Å²) >= 11 is 0. The standard InChI is InChI=1S/C19H23N3O3/c1-13-6-7-20-16(10-13)11-14(2)22(3)19(23)21-15-4-5-17-18(12-15)25-9-8-24-17/h4-7,10,12,14H,8-9,11H2,1-3H3,(H,21,23)/t14-/m1/s1. The Kier molecular flexibility index (Phi) is 5.07. The molecule has 1 aliphatic heterocycles. The summed E-state index contributed by atoms with van der Waals surface area (Å²) in [6.07, 6.45) is 2.50. The highest BCUT2D eigenvalue weighted by atomic mass is 16.6. The van der Waals surface area contributed by atoms with Gasteiger partial charge in [-0.15, -0.1) is 0 Å². The van der Waals surface area contributed by atoms with Crippen LogP contribution in [0, 0.1) is 6.92 Å². The molecule has 0 fully saturated rings. The van der Waals surface area contributed by atoms with Gasteiger partial charge in [-0.2, -0.15) is 0 Å². The summed E-state index contributed by atoms with van der Waals surface area (Å²) in [7, 11) is 1.79. The molecule has 132 valence electrons. The molecule has 0 saturated carbocycles. The van der Waals surface area contributed by atoms with Gasteiger partial charge in [-0.05, 0) is 43.7 Å². The number of pyridine rings is 1. The Morgan fingerprint density at radius 1 is 1.24 bits per heavy atom. The van der Waals surface area contributed by atoms with Crippen molar-refractivity contribution < 1.29 is 14.3 Å². The number of nitrogens with one attached hydrogen (secondary N) is 1. The normalized spacial score (nSPS) is 13.9. The van der Waals surface area contributed by atoms with E-state index in [2.05, 4.69) is 10.3 Å². The van der Waals surface area contributed by atoms with E-state index in [1.807, 2.05) is 38.1 Å². The fourth-order valence-corrected chi connectivity index (χ4v) is 2.68. The molecule has 3 rings (SSSR count). The average molecular weight is 341 g/mol. The van der Waals surface area contributed by atoms with E-state index >= 15 is 0 Å². The second kappa shape index (κ2) is 7.42. The predicted molar refractivity (Wildman–Crippen MR) is 96.4 cm³/mol. The smallest absolute Gasteiger partial charge is 0.321 e. The third-order valence-electron chi connectivity index (χ3n) is 4.25. The Morgan fingerprint density at radius 3 is 2.76 bits per heavy atom. The molecular weight excluding hydrogens is 318 g/mol. The van der Waals surface area contributed by atoms with Crippen molar-refractivity contribution in [3.8, 4) is 11.5 Å². The van der Waals surface area contributed by atoms with Gasteiger partial charge < -0.3 is 19.7 Å². The van der Waals surface area contributed by atoms with Crippen LogP contribution >= 0.6 is 0 Å². The monoisotopic (exact) mass is 341 g/mol. The number of benzene rings is 1. The van der Waals surface area contributed by atoms with Gasteiger partial charge >= 0.3 is 6.03 Å². The maximum atomic E-state index is 12.5. The van der Waals surface area contributed by atoms with Crippen LogP contribution in [-0.2, 0) is 6.42 Å². The van der Waals surface area contributed by atoms with Crippen LogP contribution in [0.3, 0.4) is 0 Å². The molecule has 0 aliphatic carbocycles. The highest BCUT2D eigenvalue weighted by molar-refractivity contribution is 5.89. The number of anilines is 1. The van der Waals surface area contributed by atoms with E-state index in [1.54, 1.807) is 24.2 Å². The highest BCUT2D eigenvalue weighted by Gasteiger charge is 2.18. The van der Waals surface area contributed by atoms with E-state index < -0.39 is 0 Å². The molecule has 6 heteroatoms. The minimum absolute atomic E-state index is 0.0199. The quantitative estimate of drug-likeness (QED) is 0.927. The molecule has 0 saturated heterocycles. The van der Waals surface area contributed by atoms with Crippen molar-refractivity contribution in [2.45, 2.75) is 26.3 Å². The number of hydrogen-bond acceptors (Lipinski definition) is 4. The molecule has 6 nitrogen and oxygen atoms in total. The van der Waals surface area contributed by atoms with Crippen molar-refractivity contribution in [3.05, 3.63) is 47.8 Å². The first-order valence-corrected chi connectivity index (χ1v) is 8.38. The highest BCUT2D eigenvalue weighted by Crippen LogP contribution is 2.32. The first-order valence-electron chi connectivity index (χ1n) is 8.38. The molecule has 1 atom stereocenters. The molecule has 0 unspecified atom stereocenters. The van der Waals surface area contributed by atoms with Gasteiger partial charge in [-0.3, -0.25) is 4.98 Å². The minimum Gasteiger partial charge on any atom is -0.486 e. The van der Waals surface area contributed by atoms with Crippen LogP contribution in [0.25, 0.3) is 0 Å². The first-order chi connectivity index (χ1) is 12.0. The van der Waals surface area contributed by atoms with Gasteiger partial charge in [0.15, 0.2) is 11.5 Å². The minimum atomic E-state index is -0.170. The molecule has 1 aromatic carbocycles. The number of aryl methyl sites for hydroxylation is 1. The third-order valence-corrected chi connectivity index (χ3v) is 4.25. The molecule has 0 bridgehead atoms. The Labute approximate surface area is 147 Å². The summed E-state index contributed by atoms with van der Waals surface area (Å²) in [5, 5.41) is 2.90. The summed E-state index contributed by atoms with van der Waals surface area (Å²) in [6, 6.07) is 9.27. The first kappa shape index (κ1) is 17.1. The summed E-state index contributed by atoms with van der Waals surface area (Å²) in [6.45, 7) is 5.11. The fraction of sp³-hybridized carbons (Fsp3) is 0.368. The number of amides is 2. The number of ether oxygens (including phenoxy) is 2. The number of rotatable bonds is 4. The topological polar surface area (TPSA) is 63.7 Å². The van der Waals surface area contributed by atoms with Crippen LogP contribution in [-0.4, -0.2) is 42.2 Å². The number of fused-ring (bicyclic) bond motifs is 1. The molecule has 1 N–H and O–H groups in total. The lowest BCUT2D eigenvalue weighted by atomic mass is 10.1. The molecule has 2 heterocycles. The maximum Gasteiger partial charge on any atom is 0.321 e. The summed E-state index contributed by atoms with van der Waals surface area (Å²) < 4.78 is 11.0. The number of urea groups is 1. The van der Waals surface area contributed by atoms with Crippen molar-refractivity contribution in [1.82, 2.24) is 9.88 Å². The van der Waals surface area contributed by atoms with Gasteiger partial charge in [0.1, 0.15) is 13.2 Å². The Morgan fingerprint density at radius 2 is 2.00 bits per heavy atom. The van der Waals surface area contributed by atoms with Gasteiger partial charge in [-0.25, -0.2) is 4.79 Å². The van der Waals surface area contributed by atoms with Gasteiger partial charge in [0.25, 0.3) is 0 Å². The number of aromatic nitrogens is 1. The molecule has 1 aromatic heterocycles. The number of carbonyl (C=O) groups is 1. The largest absolute Gasteiger partial charge is 0.486 e. The van der Waals surface area contributed by atoms with Crippen LogP contribution < -0.4 is 14.8 Å². The molecule has 0 radical (unpaired) electrons. The van der Waals surface area contributed by atoms with Gasteiger partial charge in [0.2, 0.25) is 0 Å². The number of carbonyl (C=O) groups excluding carboxylic acids is 1. The second-order valence-electron chi connectivity index (χ2n) is 6.28. The summed E-state index contributed by atoms with van der Waals surface area (Å²) in [5.41, 5.74) is 2.83. The SMILES string of the molecule is Cc1ccnc(C[C@@H](C)N(C)C(=O)Nc2ccc3c(c2)OCCO3)c1. The lowest BCUT2D eigenvalue weighted by Gasteiger charge is -2.25. The van der Waals surface area contributed by atoms with Crippen molar-refractivity contribution in [2.75, 3.05) is 25.6 Å². The van der Waals surface area contributed by atoms with Crippen molar-refractivity contribution in [1.29, 1.82) is 0 Å². The van der Waals surface area contributed by atoms with E-state index in [-0.39, 0.29) is 12.1 Å². The van der Waals surface area contributed by atoms with Crippen LogP contribution in [0.15, 0.2) is 36.5 Å². The summed E-state index contributed by atoms with van der Waals surface area (Å²) in [4.78, 5) is 18.5. The fourth-order valence-electron chi connectivity index (χ4n) is 2.68. The molecule has 2 aromatic rings. The van der Waals surface area contributed by atoms with Crippen molar-refractivity contribution >= 4 is 11.7 Å². The molecular formula is C19H23N3O3. The third kappa shape index (κ3) is 4.21. The molecule has 2 amide bonds. The Balaban J connectivity index is 1.62. The van der Waals surface area contributed by atoms with Crippen LogP contribution in [0.1, 0.15) is 18.2 Å². The van der Waals surface area contributed by atoms with Crippen LogP contribution in [0.2, 0.25) is 0 Å². The number of hydrogen-bond donors (Lipinski definition) is 1. The van der Waals surface area contributed by atoms with E-state index in [0.29, 0.717) is 36.8 Å².